The third-order valence-electron chi connectivity index (χ3n) is 3.74. The highest BCUT2D eigenvalue weighted by molar-refractivity contribution is 6.08. The minimum Gasteiger partial charge on any atom is -0.493 e. The number of allylic oxidation sites excluding steroid dienone is 1. The highest BCUT2D eigenvalue weighted by atomic mass is 16.5. The molecule has 2 aromatic carbocycles. The summed E-state index contributed by atoms with van der Waals surface area (Å²) in [6.45, 7) is 2.72. The summed E-state index contributed by atoms with van der Waals surface area (Å²) in [7, 11) is 0. The SMILES string of the molecule is CCCOc1ccc2ccccc2c1/C=C/C(=O)c1cccnc1. The predicted octanol–water partition coefficient (Wildman–Crippen LogP) is 4.92. The van der Waals surface area contributed by atoms with E-state index < -0.39 is 0 Å². The molecule has 3 nitrogen and oxygen atoms in total. The topological polar surface area (TPSA) is 39.2 Å². The van der Waals surface area contributed by atoms with Gasteiger partial charge < -0.3 is 4.74 Å². The van der Waals surface area contributed by atoms with Gasteiger partial charge in [0.25, 0.3) is 0 Å². The summed E-state index contributed by atoms with van der Waals surface area (Å²) >= 11 is 0. The number of hydrogen-bond acceptors (Lipinski definition) is 3. The van der Waals surface area contributed by atoms with Gasteiger partial charge in [-0.05, 0) is 47.5 Å². The van der Waals surface area contributed by atoms with Crippen molar-refractivity contribution in [3.05, 3.63) is 78.1 Å². The van der Waals surface area contributed by atoms with Gasteiger partial charge in [0.2, 0.25) is 0 Å². The first-order valence-corrected chi connectivity index (χ1v) is 8.06. The number of rotatable bonds is 6. The fourth-order valence-electron chi connectivity index (χ4n) is 2.55. The van der Waals surface area contributed by atoms with Gasteiger partial charge in [-0.3, -0.25) is 9.78 Å². The lowest BCUT2D eigenvalue weighted by Crippen LogP contribution is -1.98. The Labute approximate surface area is 141 Å². The molecule has 0 aliphatic heterocycles. The molecular weight excluding hydrogens is 298 g/mol. The van der Waals surface area contributed by atoms with Crippen LogP contribution in [0.25, 0.3) is 16.8 Å². The molecule has 3 aromatic rings. The third-order valence-corrected chi connectivity index (χ3v) is 3.74. The molecule has 1 aromatic heterocycles. The molecule has 0 radical (unpaired) electrons. The highest BCUT2D eigenvalue weighted by Gasteiger charge is 2.07. The molecular formula is C21H19NO2. The summed E-state index contributed by atoms with van der Waals surface area (Å²) in [6, 6.07) is 15.6. The lowest BCUT2D eigenvalue weighted by atomic mass is 10.0. The van der Waals surface area contributed by atoms with Crippen LogP contribution in [0.15, 0.2) is 67.0 Å². The number of aromatic nitrogens is 1. The van der Waals surface area contributed by atoms with Crippen LogP contribution in [-0.4, -0.2) is 17.4 Å². The standard InChI is InChI=1S/C21H19NO2/c1-2-14-24-21-12-9-16-6-3-4-8-18(16)19(21)10-11-20(23)17-7-5-13-22-15-17/h3-13,15H,2,14H2,1H3/b11-10+. The van der Waals surface area contributed by atoms with Crippen molar-refractivity contribution >= 4 is 22.6 Å². The number of ketones is 1. The van der Waals surface area contributed by atoms with E-state index in [4.69, 9.17) is 4.74 Å². The van der Waals surface area contributed by atoms with E-state index in [1.807, 2.05) is 36.4 Å². The van der Waals surface area contributed by atoms with Crippen LogP contribution in [-0.2, 0) is 0 Å². The van der Waals surface area contributed by atoms with Crippen molar-refractivity contribution in [2.75, 3.05) is 6.61 Å². The Morgan fingerprint density at radius 2 is 2.00 bits per heavy atom. The molecule has 0 fully saturated rings. The Bertz CT molecular complexity index is 869. The van der Waals surface area contributed by atoms with E-state index in [0.717, 1.165) is 28.5 Å². The zero-order chi connectivity index (χ0) is 16.8. The van der Waals surface area contributed by atoms with Crippen LogP contribution in [0.1, 0.15) is 29.3 Å². The Balaban J connectivity index is 1.99. The van der Waals surface area contributed by atoms with Crippen molar-refractivity contribution < 1.29 is 9.53 Å². The summed E-state index contributed by atoms with van der Waals surface area (Å²) in [5.74, 6) is 0.725. The summed E-state index contributed by atoms with van der Waals surface area (Å²) < 4.78 is 5.86. The van der Waals surface area contributed by atoms with Gasteiger partial charge in [0.15, 0.2) is 5.78 Å². The molecule has 0 amide bonds. The first-order chi connectivity index (χ1) is 11.8. The van der Waals surface area contributed by atoms with Crippen LogP contribution < -0.4 is 4.74 Å². The van der Waals surface area contributed by atoms with Crippen molar-refractivity contribution in [2.24, 2.45) is 0 Å². The van der Waals surface area contributed by atoms with E-state index in [1.54, 1.807) is 30.6 Å². The lowest BCUT2D eigenvalue weighted by molar-refractivity contribution is 0.104. The molecule has 0 spiro atoms. The number of benzene rings is 2. The maximum atomic E-state index is 12.3. The van der Waals surface area contributed by atoms with Crippen LogP contribution >= 0.6 is 0 Å². The van der Waals surface area contributed by atoms with Gasteiger partial charge in [-0.15, -0.1) is 0 Å². The fraction of sp³-hybridized carbons (Fsp3) is 0.143. The quantitative estimate of drug-likeness (QED) is 0.478. The van der Waals surface area contributed by atoms with E-state index in [2.05, 4.69) is 18.0 Å². The van der Waals surface area contributed by atoms with Crippen LogP contribution in [0.4, 0.5) is 0 Å². The molecule has 120 valence electrons. The second-order valence-corrected chi connectivity index (χ2v) is 5.49. The van der Waals surface area contributed by atoms with Gasteiger partial charge in [-0.2, -0.15) is 0 Å². The van der Waals surface area contributed by atoms with Crippen molar-refractivity contribution in [1.29, 1.82) is 0 Å². The molecule has 24 heavy (non-hydrogen) atoms. The van der Waals surface area contributed by atoms with E-state index >= 15 is 0 Å². The van der Waals surface area contributed by atoms with Gasteiger partial charge in [0, 0.05) is 23.5 Å². The number of fused-ring (bicyclic) bond motifs is 1. The summed E-state index contributed by atoms with van der Waals surface area (Å²) in [4.78, 5) is 16.3. The van der Waals surface area contributed by atoms with Gasteiger partial charge in [-0.1, -0.05) is 37.3 Å². The van der Waals surface area contributed by atoms with Crippen LogP contribution in [0.5, 0.6) is 5.75 Å². The minimum absolute atomic E-state index is 0.0718. The van der Waals surface area contributed by atoms with Crippen molar-refractivity contribution in [3.8, 4) is 5.75 Å². The fourth-order valence-corrected chi connectivity index (χ4v) is 2.55. The molecule has 0 saturated heterocycles. The average Bonchev–Trinajstić information content (AvgIpc) is 2.65. The molecule has 0 atom stereocenters. The van der Waals surface area contributed by atoms with Crippen molar-refractivity contribution in [2.45, 2.75) is 13.3 Å². The summed E-state index contributed by atoms with van der Waals surface area (Å²) in [5.41, 5.74) is 1.50. The largest absolute Gasteiger partial charge is 0.493 e. The van der Waals surface area contributed by atoms with Gasteiger partial charge in [-0.25, -0.2) is 0 Å². The Kier molecular flexibility index (Phi) is 5.02. The molecule has 3 rings (SSSR count). The zero-order valence-electron chi connectivity index (χ0n) is 13.6. The van der Waals surface area contributed by atoms with Gasteiger partial charge in [0.1, 0.15) is 5.75 Å². The second kappa shape index (κ2) is 7.55. The zero-order valence-corrected chi connectivity index (χ0v) is 13.6. The molecule has 0 saturated carbocycles. The first kappa shape index (κ1) is 15.9. The molecule has 0 aliphatic carbocycles. The molecule has 0 unspecified atom stereocenters. The van der Waals surface area contributed by atoms with Crippen molar-refractivity contribution in [1.82, 2.24) is 4.98 Å². The number of carbonyl (C=O) groups is 1. The molecule has 0 bridgehead atoms. The predicted molar refractivity (Wildman–Crippen MR) is 97.3 cm³/mol. The van der Waals surface area contributed by atoms with Crippen LogP contribution in [0.2, 0.25) is 0 Å². The first-order valence-electron chi connectivity index (χ1n) is 8.06. The number of hydrogen-bond donors (Lipinski definition) is 0. The maximum absolute atomic E-state index is 12.3. The van der Waals surface area contributed by atoms with E-state index in [0.29, 0.717) is 12.2 Å². The molecule has 0 aliphatic rings. The number of ether oxygens (including phenoxy) is 1. The smallest absolute Gasteiger partial charge is 0.187 e. The normalized spacial score (nSPS) is 11.0. The summed E-state index contributed by atoms with van der Waals surface area (Å²) in [5, 5.41) is 2.19. The minimum atomic E-state index is -0.0718. The monoisotopic (exact) mass is 317 g/mol. The molecule has 0 N–H and O–H groups in total. The Morgan fingerprint density at radius 3 is 2.79 bits per heavy atom. The van der Waals surface area contributed by atoms with E-state index in [1.165, 1.54) is 0 Å². The van der Waals surface area contributed by atoms with Crippen LogP contribution in [0, 0.1) is 0 Å². The number of carbonyl (C=O) groups excluding carboxylic acids is 1. The highest BCUT2D eigenvalue weighted by Crippen LogP contribution is 2.29. The van der Waals surface area contributed by atoms with E-state index in [9.17, 15) is 4.79 Å². The van der Waals surface area contributed by atoms with Gasteiger partial charge >= 0.3 is 0 Å². The lowest BCUT2D eigenvalue weighted by Gasteiger charge is -2.11. The van der Waals surface area contributed by atoms with E-state index in [-0.39, 0.29) is 5.78 Å². The van der Waals surface area contributed by atoms with Gasteiger partial charge in [0.05, 0.1) is 6.61 Å². The van der Waals surface area contributed by atoms with Crippen LogP contribution in [0.3, 0.4) is 0 Å². The Hall–Kier alpha value is -2.94. The summed E-state index contributed by atoms with van der Waals surface area (Å²) in [6.07, 6.45) is 7.58. The molecule has 1 heterocycles. The number of nitrogens with zero attached hydrogens (tertiary/aromatic N) is 1. The molecule has 3 heteroatoms. The number of pyridine rings is 1. The second-order valence-electron chi connectivity index (χ2n) is 5.49. The third kappa shape index (κ3) is 3.51. The average molecular weight is 317 g/mol. The van der Waals surface area contributed by atoms with Crippen molar-refractivity contribution in [3.63, 3.8) is 0 Å². The Morgan fingerprint density at radius 1 is 1.12 bits per heavy atom. The maximum Gasteiger partial charge on any atom is 0.187 e.